The van der Waals surface area contributed by atoms with E-state index in [0.29, 0.717) is 24.8 Å². The Morgan fingerprint density at radius 1 is 1.37 bits per heavy atom. The van der Waals surface area contributed by atoms with Gasteiger partial charge in [0.2, 0.25) is 11.7 Å². The van der Waals surface area contributed by atoms with Crippen molar-refractivity contribution in [3.8, 4) is 10.7 Å². The monoisotopic (exact) mass is 390 g/mol. The van der Waals surface area contributed by atoms with Crippen molar-refractivity contribution in [2.24, 2.45) is 0 Å². The highest BCUT2D eigenvalue weighted by molar-refractivity contribution is 7.14. The fraction of sp³-hybridized carbons (Fsp3) is 0.333. The van der Waals surface area contributed by atoms with E-state index in [0.717, 1.165) is 34.9 Å². The van der Waals surface area contributed by atoms with Gasteiger partial charge in [0.1, 0.15) is 11.6 Å². The first-order chi connectivity index (χ1) is 13.0. The number of aryl methyl sites for hydroxylation is 1. The minimum atomic E-state index is -0.859. The average Bonchev–Trinajstić information content (AvgIpc) is 3.30. The molecule has 3 heterocycles. The van der Waals surface area contributed by atoms with Crippen LogP contribution in [0.4, 0.5) is 8.78 Å². The summed E-state index contributed by atoms with van der Waals surface area (Å²) in [7, 11) is 0. The van der Waals surface area contributed by atoms with Crippen LogP contribution in [0.15, 0.2) is 28.9 Å². The highest BCUT2D eigenvalue weighted by atomic mass is 32.1. The van der Waals surface area contributed by atoms with E-state index in [2.05, 4.69) is 15.1 Å². The van der Waals surface area contributed by atoms with Crippen LogP contribution in [-0.4, -0.2) is 39.0 Å². The summed E-state index contributed by atoms with van der Waals surface area (Å²) in [6.45, 7) is 2.74. The molecule has 0 saturated carbocycles. The lowest BCUT2D eigenvalue weighted by Crippen LogP contribution is -2.39. The van der Waals surface area contributed by atoms with Crippen LogP contribution in [-0.2, 0) is 0 Å². The summed E-state index contributed by atoms with van der Waals surface area (Å²) in [4.78, 5) is 23.6. The molecule has 3 aromatic rings. The summed E-state index contributed by atoms with van der Waals surface area (Å²) in [5.74, 6) is -1.23. The maximum absolute atomic E-state index is 13.9. The molecule has 2 aromatic heterocycles. The van der Waals surface area contributed by atoms with Crippen LogP contribution in [0.5, 0.6) is 0 Å². The van der Waals surface area contributed by atoms with Crippen molar-refractivity contribution in [2.75, 3.05) is 13.1 Å². The quantitative estimate of drug-likeness (QED) is 0.680. The molecule has 27 heavy (non-hydrogen) atoms. The van der Waals surface area contributed by atoms with Crippen LogP contribution in [0.25, 0.3) is 10.7 Å². The lowest BCUT2D eigenvalue weighted by Gasteiger charge is -2.31. The van der Waals surface area contributed by atoms with E-state index in [1.807, 2.05) is 6.92 Å². The Hall–Kier alpha value is -2.68. The van der Waals surface area contributed by atoms with E-state index in [9.17, 15) is 13.6 Å². The van der Waals surface area contributed by atoms with Crippen molar-refractivity contribution in [3.63, 3.8) is 0 Å². The highest BCUT2D eigenvalue weighted by Gasteiger charge is 2.30. The molecule has 0 N–H and O–H groups in total. The molecule has 0 spiro atoms. The van der Waals surface area contributed by atoms with Crippen LogP contribution in [0.2, 0.25) is 0 Å². The number of rotatable bonds is 3. The van der Waals surface area contributed by atoms with E-state index in [1.165, 1.54) is 17.4 Å². The number of nitrogens with zero attached hydrogens (tertiary/aromatic N) is 4. The number of thiazole rings is 1. The van der Waals surface area contributed by atoms with Crippen molar-refractivity contribution in [3.05, 3.63) is 52.5 Å². The van der Waals surface area contributed by atoms with Crippen molar-refractivity contribution in [2.45, 2.75) is 25.7 Å². The SMILES string of the molecule is Cc1ncc(-c2noc([C@H]3CCCN(C(=O)c4ccc(F)cc4F)C3)n2)s1. The molecule has 0 unspecified atom stereocenters. The predicted molar refractivity (Wildman–Crippen MR) is 94.4 cm³/mol. The number of halogens is 2. The molecule has 1 atom stereocenters. The number of aromatic nitrogens is 3. The number of carbonyl (C=O) groups excluding carboxylic acids is 1. The number of piperidine rings is 1. The third kappa shape index (κ3) is 3.59. The maximum atomic E-state index is 13.9. The molecule has 9 heteroatoms. The topological polar surface area (TPSA) is 72.1 Å². The standard InChI is InChI=1S/C18H16F2N4O2S/c1-10-21-8-15(27-10)16-22-17(26-23-16)11-3-2-6-24(9-11)18(25)13-5-4-12(19)7-14(13)20/h4-5,7-8,11H,2-3,6,9H2,1H3/t11-/m0/s1. The number of likely N-dealkylation sites (tertiary alicyclic amines) is 1. The van der Waals surface area contributed by atoms with E-state index in [1.54, 1.807) is 11.1 Å². The van der Waals surface area contributed by atoms with Gasteiger partial charge in [-0.3, -0.25) is 4.79 Å². The zero-order valence-corrected chi connectivity index (χ0v) is 15.3. The third-order valence-corrected chi connectivity index (χ3v) is 5.41. The summed E-state index contributed by atoms with van der Waals surface area (Å²) < 4.78 is 32.4. The summed E-state index contributed by atoms with van der Waals surface area (Å²) >= 11 is 1.47. The Morgan fingerprint density at radius 3 is 2.96 bits per heavy atom. The van der Waals surface area contributed by atoms with Gasteiger partial charge in [-0.15, -0.1) is 11.3 Å². The zero-order chi connectivity index (χ0) is 19.0. The molecule has 1 aliphatic rings. The average molecular weight is 390 g/mol. The van der Waals surface area contributed by atoms with Crippen LogP contribution >= 0.6 is 11.3 Å². The van der Waals surface area contributed by atoms with E-state index >= 15 is 0 Å². The first-order valence-electron chi connectivity index (χ1n) is 8.52. The summed E-state index contributed by atoms with van der Waals surface area (Å²) in [5, 5.41) is 4.92. The fourth-order valence-corrected chi connectivity index (χ4v) is 3.87. The van der Waals surface area contributed by atoms with Crippen molar-refractivity contribution < 1.29 is 18.1 Å². The van der Waals surface area contributed by atoms with Gasteiger partial charge in [-0.2, -0.15) is 4.98 Å². The highest BCUT2D eigenvalue weighted by Crippen LogP contribution is 2.30. The fourth-order valence-electron chi connectivity index (χ4n) is 3.16. The number of benzene rings is 1. The Labute approximate surface area is 157 Å². The molecule has 1 saturated heterocycles. The van der Waals surface area contributed by atoms with Gasteiger partial charge in [0.25, 0.3) is 5.91 Å². The second kappa shape index (κ2) is 7.15. The Bertz CT molecular complexity index is 987. The van der Waals surface area contributed by atoms with Gasteiger partial charge in [0, 0.05) is 25.4 Å². The molecule has 4 rings (SSSR count). The van der Waals surface area contributed by atoms with Crippen LogP contribution in [0.3, 0.4) is 0 Å². The molecule has 1 fully saturated rings. The number of carbonyl (C=O) groups is 1. The molecule has 0 radical (unpaired) electrons. The smallest absolute Gasteiger partial charge is 0.256 e. The van der Waals surface area contributed by atoms with Gasteiger partial charge < -0.3 is 9.42 Å². The minimum absolute atomic E-state index is 0.124. The normalized spacial score (nSPS) is 17.3. The molecule has 1 aromatic carbocycles. The van der Waals surface area contributed by atoms with Crippen LogP contribution in [0, 0.1) is 18.6 Å². The number of hydrogen-bond acceptors (Lipinski definition) is 6. The molecule has 6 nitrogen and oxygen atoms in total. The van der Waals surface area contributed by atoms with E-state index in [-0.39, 0.29) is 11.5 Å². The lowest BCUT2D eigenvalue weighted by atomic mass is 9.97. The predicted octanol–water partition coefficient (Wildman–Crippen LogP) is 3.80. The van der Waals surface area contributed by atoms with Crippen molar-refractivity contribution >= 4 is 17.2 Å². The molecular weight excluding hydrogens is 374 g/mol. The summed E-state index contributed by atoms with van der Waals surface area (Å²) in [5.41, 5.74) is -0.136. The Kier molecular flexibility index (Phi) is 4.69. The molecule has 1 amide bonds. The molecule has 0 bridgehead atoms. The van der Waals surface area contributed by atoms with Gasteiger partial charge in [-0.05, 0) is 31.9 Å². The van der Waals surface area contributed by atoms with Gasteiger partial charge in [-0.1, -0.05) is 5.16 Å². The molecular formula is C18H16F2N4O2S. The van der Waals surface area contributed by atoms with Gasteiger partial charge in [-0.25, -0.2) is 13.8 Å². The Balaban J connectivity index is 1.51. The largest absolute Gasteiger partial charge is 0.339 e. The zero-order valence-electron chi connectivity index (χ0n) is 14.5. The van der Waals surface area contributed by atoms with Crippen LogP contribution < -0.4 is 0 Å². The van der Waals surface area contributed by atoms with Crippen molar-refractivity contribution in [1.82, 2.24) is 20.0 Å². The molecule has 140 valence electrons. The van der Waals surface area contributed by atoms with Crippen molar-refractivity contribution in [1.29, 1.82) is 0 Å². The third-order valence-electron chi connectivity index (χ3n) is 4.50. The second-order valence-corrected chi connectivity index (χ2v) is 7.65. The number of amides is 1. The summed E-state index contributed by atoms with van der Waals surface area (Å²) in [6, 6.07) is 2.97. The summed E-state index contributed by atoms with van der Waals surface area (Å²) in [6.07, 6.45) is 3.22. The molecule has 0 aliphatic carbocycles. The van der Waals surface area contributed by atoms with Gasteiger partial charge in [0.05, 0.1) is 21.4 Å². The second-order valence-electron chi connectivity index (χ2n) is 6.41. The Morgan fingerprint density at radius 2 is 2.22 bits per heavy atom. The van der Waals surface area contributed by atoms with Gasteiger partial charge in [0.15, 0.2) is 0 Å². The van der Waals surface area contributed by atoms with Crippen LogP contribution in [0.1, 0.15) is 40.0 Å². The first kappa shape index (κ1) is 17.7. The first-order valence-corrected chi connectivity index (χ1v) is 9.33. The van der Waals surface area contributed by atoms with E-state index in [4.69, 9.17) is 4.52 Å². The van der Waals surface area contributed by atoms with E-state index < -0.39 is 17.5 Å². The van der Waals surface area contributed by atoms with Gasteiger partial charge >= 0.3 is 0 Å². The minimum Gasteiger partial charge on any atom is -0.339 e. The maximum Gasteiger partial charge on any atom is 0.256 e. The molecule has 1 aliphatic heterocycles. The lowest BCUT2D eigenvalue weighted by molar-refractivity contribution is 0.0691. The number of hydrogen-bond donors (Lipinski definition) is 0.